The van der Waals surface area contributed by atoms with Gasteiger partial charge in [0.15, 0.2) is 0 Å². The predicted octanol–water partition coefficient (Wildman–Crippen LogP) is 2.15. The lowest BCUT2D eigenvalue weighted by Crippen LogP contribution is -1.90. The number of benzene rings is 1. The number of imidazole rings is 1. The Balaban J connectivity index is 2.04. The van der Waals surface area contributed by atoms with Crippen molar-refractivity contribution in [3.63, 3.8) is 0 Å². The highest BCUT2D eigenvalue weighted by atomic mass is 16.5. The van der Waals surface area contributed by atoms with E-state index in [0.717, 1.165) is 16.8 Å². The van der Waals surface area contributed by atoms with Gasteiger partial charge in [-0.1, -0.05) is 5.16 Å². The molecule has 0 aliphatic carbocycles. The zero-order chi connectivity index (χ0) is 13.4. The van der Waals surface area contributed by atoms with E-state index in [1.165, 1.54) is 0 Å². The second-order valence-corrected chi connectivity index (χ2v) is 4.31. The van der Waals surface area contributed by atoms with Crippen molar-refractivity contribution in [1.82, 2.24) is 19.7 Å². The molecule has 0 saturated heterocycles. The molecule has 0 amide bonds. The van der Waals surface area contributed by atoms with Gasteiger partial charge in [0.05, 0.1) is 12.5 Å². The standard InChI is InChI=1S/C13H12N4O2/c1-8-5-9(18)3-4-10(8)13-15-12(16-19-13)11-6-14-7-17(11)2/h3-7,18H,1-2H3. The fourth-order valence-electron chi connectivity index (χ4n) is 1.90. The van der Waals surface area contributed by atoms with Crippen LogP contribution >= 0.6 is 0 Å². The summed E-state index contributed by atoms with van der Waals surface area (Å²) in [4.78, 5) is 8.37. The minimum Gasteiger partial charge on any atom is -0.508 e. The summed E-state index contributed by atoms with van der Waals surface area (Å²) < 4.78 is 7.08. The maximum atomic E-state index is 9.40. The van der Waals surface area contributed by atoms with Crippen LogP contribution in [0.2, 0.25) is 0 Å². The Bertz CT molecular complexity index is 730. The first kappa shape index (κ1) is 11.5. The molecule has 0 bridgehead atoms. The van der Waals surface area contributed by atoms with E-state index in [-0.39, 0.29) is 5.75 Å². The Morgan fingerprint density at radius 1 is 1.32 bits per heavy atom. The maximum absolute atomic E-state index is 9.40. The number of hydrogen-bond acceptors (Lipinski definition) is 5. The molecule has 3 aromatic rings. The van der Waals surface area contributed by atoms with Crippen LogP contribution in [0.15, 0.2) is 35.2 Å². The van der Waals surface area contributed by atoms with Gasteiger partial charge in [-0.2, -0.15) is 4.98 Å². The Morgan fingerprint density at radius 3 is 2.84 bits per heavy atom. The third-order valence-electron chi connectivity index (χ3n) is 2.91. The number of aryl methyl sites for hydroxylation is 2. The number of hydrogen-bond donors (Lipinski definition) is 1. The van der Waals surface area contributed by atoms with Gasteiger partial charge in [-0.25, -0.2) is 4.98 Å². The molecule has 0 saturated carbocycles. The molecule has 0 radical (unpaired) electrons. The van der Waals surface area contributed by atoms with Gasteiger partial charge in [0.25, 0.3) is 5.89 Å². The third-order valence-corrected chi connectivity index (χ3v) is 2.91. The van der Waals surface area contributed by atoms with Crippen LogP contribution in [-0.4, -0.2) is 24.8 Å². The van der Waals surface area contributed by atoms with Crippen molar-refractivity contribution in [2.24, 2.45) is 7.05 Å². The van der Waals surface area contributed by atoms with Crippen molar-refractivity contribution in [3.05, 3.63) is 36.3 Å². The van der Waals surface area contributed by atoms with Gasteiger partial charge >= 0.3 is 0 Å². The minimum atomic E-state index is 0.215. The highest BCUT2D eigenvalue weighted by molar-refractivity contribution is 5.62. The van der Waals surface area contributed by atoms with E-state index in [2.05, 4.69) is 15.1 Å². The predicted molar refractivity (Wildman–Crippen MR) is 68.3 cm³/mol. The molecular weight excluding hydrogens is 244 g/mol. The van der Waals surface area contributed by atoms with Gasteiger partial charge < -0.3 is 14.2 Å². The van der Waals surface area contributed by atoms with Crippen LogP contribution in [0.25, 0.3) is 23.0 Å². The molecule has 0 aliphatic heterocycles. The molecule has 2 heterocycles. The van der Waals surface area contributed by atoms with Gasteiger partial charge in [0.1, 0.15) is 11.4 Å². The van der Waals surface area contributed by atoms with Crippen molar-refractivity contribution < 1.29 is 9.63 Å². The highest BCUT2D eigenvalue weighted by Crippen LogP contribution is 2.26. The maximum Gasteiger partial charge on any atom is 0.258 e. The summed E-state index contributed by atoms with van der Waals surface area (Å²) >= 11 is 0. The van der Waals surface area contributed by atoms with Crippen molar-refractivity contribution in [3.8, 4) is 28.7 Å². The Labute approximate surface area is 109 Å². The smallest absolute Gasteiger partial charge is 0.258 e. The third kappa shape index (κ3) is 1.97. The Morgan fingerprint density at radius 2 is 2.16 bits per heavy atom. The summed E-state index contributed by atoms with van der Waals surface area (Å²) in [5.41, 5.74) is 2.46. The van der Waals surface area contributed by atoms with Crippen LogP contribution in [-0.2, 0) is 7.05 Å². The van der Waals surface area contributed by atoms with Crippen LogP contribution in [0, 0.1) is 6.92 Å². The van der Waals surface area contributed by atoms with Crippen molar-refractivity contribution >= 4 is 0 Å². The molecule has 6 nitrogen and oxygen atoms in total. The number of phenols is 1. The van der Waals surface area contributed by atoms with Crippen molar-refractivity contribution in [1.29, 1.82) is 0 Å². The Kier molecular flexibility index (Phi) is 2.56. The average molecular weight is 256 g/mol. The van der Waals surface area contributed by atoms with Crippen LogP contribution in [0.3, 0.4) is 0 Å². The first-order valence-corrected chi connectivity index (χ1v) is 5.75. The van der Waals surface area contributed by atoms with Crippen LogP contribution in [0.4, 0.5) is 0 Å². The van der Waals surface area contributed by atoms with Gasteiger partial charge in [-0.05, 0) is 30.7 Å². The number of aromatic nitrogens is 4. The zero-order valence-corrected chi connectivity index (χ0v) is 10.5. The molecule has 0 aliphatic rings. The summed E-state index contributed by atoms with van der Waals surface area (Å²) in [7, 11) is 1.87. The van der Waals surface area contributed by atoms with Gasteiger partial charge in [0.2, 0.25) is 5.82 Å². The normalized spacial score (nSPS) is 10.8. The highest BCUT2D eigenvalue weighted by Gasteiger charge is 2.14. The number of nitrogens with zero attached hydrogens (tertiary/aromatic N) is 4. The van der Waals surface area contributed by atoms with Crippen LogP contribution < -0.4 is 0 Å². The summed E-state index contributed by atoms with van der Waals surface area (Å²) in [6.45, 7) is 1.88. The summed E-state index contributed by atoms with van der Waals surface area (Å²) in [5.74, 6) is 1.13. The lowest BCUT2D eigenvalue weighted by atomic mass is 10.1. The van der Waals surface area contributed by atoms with Crippen molar-refractivity contribution in [2.45, 2.75) is 6.92 Å². The largest absolute Gasteiger partial charge is 0.508 e. The van der Waals surface area contributed by atoms with E-state index in [9.17, 15) is 5.11 Å². The van der Waals surface area contributed by atoms with E-state index in [1.54, 1.807) is 30.7 Å². The molecule has 0 unspecified atom stereocenters. The first-order valence-electron chi connectivity index (χ1n) is 5.75. The van der Waals surface area contributed by atoms with Crippen LogP contribution in [0.5, 0.6) is 5.75 Å². The molecule has 1 N–H and O–H groups in total. The molecular formula is C13H12N4O2. The van der Waals surface area contributed by atoms with Gasteiger partial charge in [-0.15, -0.1) is 0 Å². The fraction of sp³-hybridized carbons (Fsp3) is 0.154. The lowest BCUT2D eigenvalue weighted by Gasteiger charge is -2.00. The summed E-state index contributed by atoms with van der Waals surface area (Å²) in [5, 5.41) is 13.3. The average Bonchev–Trinajstić information content (AvgIpc) is 2.97. The lowest BCUT2D eigenvalue weighted by molar-refractivity contribution is 0.431. The molecule has 6 heteroatoms. The first-order chi connectivity index (χ1) is 9.15. The monoisotopic (exact) mass is 256 g/mol. The molecule has 0 spiro atoms. The molecule has 19 heavy (non-hydrogen) atoms. The number of rotatable bonds is 2. The SMILES string of the molecule is Cc1cc(O)ccc1-c1nc(-c2cncn2C)no1. The molecule has 2 aromatic heterocycles. The summed E-state index contributed by atoms with van der Waals surface area (Å²) in [6, 6.07) is 5.00. The zero-order valence-electron chi connectivity index (χ0n) is 10.5. The second kappa shape index (κ2) is 4.24. The molecule has 0 fully saturated rings. The van der Waals surface area contributed by atoms with E-state index < -0.39 is 0 Å². The van der Waals surface area contributed by atoms with Gasteiger partial charge in [0, 0.05) is 12.6 Å². The number of aromatic hydroxyl groups is 1. The molecule has 0 atom stereocenters. The van der Waals surface area contributed by atoms with Crippen LogP contribution in [0.1, 0.15) is 5.56 Å². The minimum absolute atomic E-state index is 0.215. The summed E-state index contributed by atoms with van der Waals surface area (Å²) in [6.07, 6.45) is 3.36. The van der Waals surface area contributed by atoms with E-state index >= 15 is 0 Å². The van der Waals surface area contributed by atoms with E-state index in [0.29, 0.717) is 11.7 Å². The Hall–Kier alpha value is -2.63. The fourth-order valence-corrected chi connectivity index (χ4v) is 1.90. The second-order valence-electron chi connectivity index (χ2n) is 4.31. The van der Waals surface area contributed by atoms with E-state index in [1.807, 2.05) is 18.5 Å². The van der Waals surface area contributed by atoms with Gasteiger partial charge in [-0.3, -0.25) is 0 Å². The quantitative estimate of drug-likeness (QED) is 0.760. The molecule has 1 aromatic carbocycles. The number of phenolic OH excluding ortho intramolecular Hbond substituents is 1. The van der Waals surface area contributed by atoms with E-state index in [4.69, 9.17) is 4.52 Å². The van der Waals surface area contributed by atoms with Crippen molar-refractivity contribution in [2.75, 3.05) is 0 Å². The molecule has 96 valence electrons. The topological polar surface area (TPSA) is 77.0 Å². The molecule has 3 rings (SSSR count).